The molecule has 1 atom stereocenters. The molecule has 0 spiro atoms. The largest absolute Gasteiger partial charge is 0.463 e. The maximum absolute atomic E-state index is 13.8. The van der Waals surface area contributed by atoms with Gasteiger partial charge < -0.3 is 14.8 Å². The Morgan fingerprint density at radius 3 is 2.84 bits per heavy atom. The van der Waals surface area contributed by atoms with Crippen LogP contribution in [-0.2, 0) is 14.3 Å². The predicted molar refractivity (Wildman–Crippen MR) is 122 cm³/mol. The number of hydrogen-bond donors (Lipinski definition) is 1. The summed E-state index contributed by atoms with van der Waals surface area (Å²) in [5.74, 6) is -0.445. The van der Waals surface area contributed by atoms with Crippen LogP contribution in [0.15, 0.2) is 38.9 Å². The van der Waals surface area contributed by atoms with Gasteiger partial charge in [0.15, 0.2) is 10.8 Å². The molecule has 2 aromatic rings. The molecule has 12 heteroatoms. The van der Waals surface area contributed by atoms with E-state index in [1.165, 1.54) is 23.5 Å². The molecular formula is C20H20BrClFN5O3S. The van der Waals surface area contributed by atoms with Gasteiger partial charge >= 0.3 is 5.97 Å². The SMILES string of the molecule is CCOC(=O)C1=C(CN2CCOCC2)NC(c2nnc(Cl)s2)=NC1c1ccc(F)cc1Br. The third-order valence-electron chi connectivity index (χ3n) is 4.97. The van der Waals surface area contributed by atoms with Crippen LogP contribution in [0.5, 0.6) is 0 Å². The minimum Gasteiger partial charge on any atom is -0.463 e. The first-order valence-electron chi connectivity index (χ1n) is 9.95. The van der Waals surface area contributed by atoms with Gasteiger partial charge in [0, 0.05) is 29.8 Å². The molecule has 0 saturated carbocycles. The molecule has 4 rings (SSSR count). The zero-order valence-electron chi connectivity index (χ0n) is 17.1. The van der Waals surface area contributed by atoms with Crippen molar-refractivity contribution in [2.45, 2.75) is 13.0 Å². The van der Waals surface area contributed by atoms with Crippen molar-refractivity contribution >= 4 is 50.7 Å². The van der Waals surface area contributed by atoms with Crippen LogP contribution in [-0.4, -0.2) is 66.4 Å². The second-order valence-electron chi connectivity index (χ2n) is 7.03. The number of benzene rings is 1. The molecule has 1 N–H and O–H groups in total. The maximum Gasteiger partial charge on any atom is 0.338 e. The Hall–Kier alpha value is -1.92. The highest BCUT2D eigenvalue weighted by Gasteiger charge is 2.35. The fourth-order valence-corrected chi connectivity index (χ4v) is 4.86. The number of halogens is 3. The Morgan fingerprint density at radius 1 is 1.41 bits per heavy atom. The van der Waals surface area contributed by atoms with E-state index >= 15 is 0 Å². The summed E-state index contributed by atoms with van der Waals surface area (Å²) in [6.07, 6.45) is 0. The van der Waals surface area contributed by atoms with E-state index in [0.717, 1.165) is 13.1 Å². The topological polar surface area (TPSA) is 88.9 Å². The van der Waals surface area contributed by atoms with Gasteiger partial charge in [-0.1, -0.05) is 33.3 Å². The highest BCUT2D eigenvalue weighted by molar-refractivity contribution is 9.10. The molecule has 32 heavy (non-hydrogen) atoms. The molecule has 1 saturated heterocycles. The first-order chi connectivity index (χ1) is 15.5. The Bertz CT molecular complexity index is 1070. The second kappa shape index (κ2) is 10.3. The van der Waals surface area contributed by atoms with Crippen molar-refractivity contribution < 1.29 is 18.7 Å². The van der Waals surface area contributed by atoms with E-state index in [4.69, 9.17) is 26.1 Å². The van der Waals surface area contributed by atoms with Gasteiger partial charge in [0.1, 0.15) is 11.9 Å². The van der Waals surface area contributed by atoms with Crippen molar-refractivity contribution in [2.75, 3.05) is 39.5 Å². The number of hydrogen-bond acceptors (Lipinski definition) is 9. The van der Waals surface area contributed by atoms with Crippen LogP contribution in [0.4, 0.5) is 4.39 Å². The predicted octanol–water partition coefficient (Wildman–Crippen LogP) is 3.33. The molecule has 1 unspecified atom stereocenters. The summed E-state index contributed by atoms with van der Waals surface area (Å²) in [5, 5.41) is 11.7. The number of aliphatic imine (C=N–C) groups is 1. The number of amidine groups is 1. The molecule has 1 aromatic heterocycles. The van der Waals surface area contributed by atoms with Gasteiger partial charge in [0.25, 0.3) is 0 Å². The first kappa shape index (κ1) is 23.2. The van der Waals surface area contributed by atoms with Crippen molar-refractivity contribution in [1.29, 1.82) is 0 Å². The van der Waals surface area contributed by atoms with Crippen molar-refractivity contribution in [3.05, 3.63) is 54.8 Å². The minimum atomic E-state index is -0.737. The van der Waals surface area contributed by atoms with Crippen LogP contribution in [0.1, 0.15) is 23.5 Å². The normalized spacial score (nSPS) is 19.5. The summed E-state index contributed by atoms with van der Waals surface area (Å²) < 4.78 is 25.4. The smallest absolute Gasteiger partial charge is 0.338 e. The van der Waals surface area contributed by atoms with Gasteiger partial charge in [0.05, 0.1) is 25.4 Å². The summed E-state index contributed by atoms with van der Waals surface area (Å²) in [6.45, 7) is 5.10. The lowest BCUT2D eigenvalue weighted by molar-refractivity contribution is -0.139. The lowest BCUT2D eigenvalue weighted by Crippen LogP contribution is -2.43. The zero-order chi connectivity index (χ0) is 22.7. The number of ether oxygens (including phenoxy) is 2. The van der Waals surface area contributed by atoms with Crippen LogP contribution in [0, 0.1) is 5.82 Å². The van der Waals surface area contributed by atoms with E-state index in [1.54, 1.807) is 13.0 Å². The number of esters is 1. The number of aromatic nitrogens is 2. The zero-order valence-corrected chi connectivity index (χ0v) is 20.3. The number of carbonyl (C=O) groups is 1. The fourth-order valence-electron chi connectivity index (χ4n) is 3.51. The standard InChI is InChI=1S/C20H20BrClFN5O3S/c1-2-31-19(29)15-14(10-28-5-7-30-8-6-28)24-17(18-26-27-20(22)32-18)25-16(15)12-4-3-11(23)9-13(12)21/h3-4,9,16H,2,5-8,10H2,1H3,(H,24,25). The molecule has 170 valence electrons. The minimum absolute atomic E-state index is 0.215. The van der Waals surface area contributed by atoms with Crippen molar-refractivity contribution in [1.82, 2.24) is 20.4 Å². The van der Waals surface area contributed by atoms with E-state index in [1.807, 2.05) is 0 Å². The van der Waals surface area contributed by atoms with E-state index in [-0.39, 0.29) is 11.1 Å². The molecule has 1 aromatic carbocycles. The first-order valence-corrected chi connectivity index (χ1v) is 11.9. The van der Waals surface area contributed by atoms with Gasteiger partial charge in [-0.3, -0.25) is 9.89 Å². The summed E-state index contributed by atoms with van der Waals surface area (Å²) >= 11 is 10.6. The number of morpholine rings is 1. The average molecular weight is 545 g/mol. The molecule has 3 heterocycles. The number of nitrogens with one attached hydrogen (secondary N) is 1. The van der Waals surface area contributed by atoms with Crippen LogP contribution in [0.25, 0.3) is 0 Å². The van der Waals surface area contributed by atoms with Crippen LogP contribution < -0.4 is 5.32 Å². The fraction of sp³-hybridized carbons (Fsp3) is 0.400. The molecular weight excluding hydrogens is 525 g/mol. The molecule has 0 bridgehead atoms. The van der Waals surface area contributed by atoms with Crippen molar-refractivity contribution in [3.8, 4) is 0 Å². The van der Waals surface area contributed by atoms with Crippen molar-refractivity contribution in [3.63, 3.8) is 0 Å². The third-order valence-corrected chi connectivity index (χ3v) is 6.68. The summed E-state index contributed by atoms with van der Waals surface area (Å²) in [4.78, 5) is 20.0. The maximum atomic E-state index is 13.8. The van der Waals surface area contributed by atoms with Crippen molar-refractivity contribution in [2.24, 2.45) is 4.99 Å². The number of rotatable bonds is 6. The lowest BCUT2D eigenvalue weighted by atomic mass is 9.95. The summed E-state index contributed by atoms with van der Waals surface area (Å²) in [7, 11) is 0. The quantitative estimate of drug-likeness (QED) is 0.558. The van der Waals surface area contributed by atoms with Crippen LogP contribution >= 0.6 is 38.9 Å². The van der Waals surface area contributed by atoms with Gasteiger partial charge in [-0.2, -0.15) is 0 Å². The molecule has 0 amide bonds. The Morgan fingerprint density at radius 2 is 2.19 bits per heavy atom. The Balaban J connectivity index is 1.82. The van der Waals surface area contributed by atoms with Gasteiger partial charge in [0.2, 0.25) is 4.47 Å². The summed E-state index contributed by atoms with van der Waals surface area (Å²) in [5.41, 5.74) is 1.64. The van der Waals surface area contributed by atoms with Gasteiger partial charge in [-0.25, -0.2) is 9.18 Å². The highest BCUT2D eigenvalue weighted by Crippen LogP contribution is 2.37. The average Bonchev–Trinajstić information content (AvgIpc) is 3.20. The lowest BCUT2D eigenvalue weighted by Gasteiger charge is -2.32. The van der Waals surface area contributed by atoms with E-state index in [2.05, 4.69) is 36.3 Å². The molecule has 2 aliphatic heterocycles. The van der Waals surface area contributed by atoms with Gasteiger partial charge in [-0.05, 0) is 36.2 Å². The molecule has 8 nitrogen and oxygen atoms in total. The monoisotopic (exact) mass is 543 g/mol. The van der Waals surface area contributed by atoms with Crippen LogP contribution in [0.2, 0.25) is 4.47 Å². The molecule has 0 radical (unpaired) electrons. The Kier molecular flexibility index (Phi) is 7.51. The summed E-state index contributed by atoms with van der Waals surface area (Å²) in [6, 6.07) is 3.55. The Labute approximate surface area is 201 Å². The van der Waals surface area contributed by atoms with Crippen LogP contribution in [0.3, 0.4) is 0 Å². The van der Waals surface area contributed by atoms with E-state index in [9.17, 15) is 9.18 Å². The van der Waals surface area contributed by atoms with E-state index in [0.29, 0.717) is 51.9 Å². The molecule has 2 aliphatic rings. The third kappa shape index (κ3) is 5.18. The number of nitrogens with zero attached hydrogens (tertiary/aromatic N) is 4. The van der Waals surface area contributed by atoms with E-state index < -0.39 is 17.8 Å². The molecule has 0 aliphatic carbocycles. The number of carbonyl (C=O) groups excluding carboxylic acids is 1. The highest BCUT2D eigenvalue weighted by atomic mass is 79.9. The second-order valence-corrected chi connectivity index (χ2v) is 9.45. The van der Waals surface area contributed by atoms with Gasteiger partial charge in [-0.15, -0.1) is 10.2 Å². The molecule has 1 fully saturated rings.